The second kappa shape index (κ2) is 5.82. The lowest BCUT2D eigenvalue weighted by Gasteiger charge is -2.33. The van der Waals surface area contributed by atoms with Crippen LogP contribution in [0.25, 0.3) is 0 Å². The molecule has 2 N–H and O–H groups in total. The fourth-order valence-corrected chi connectivity index (χ4v) is 3.29. The third-order valence-corrected chi connectivity index (χ3v) is 4.42. The number of aromatic nitrogens is 2. The first-order chi connectivity index (χ1) is 10.4. The summed E-state index contributed by atoms with van der Waals surface area (Å²) in [6.45, 7) is 13.0. The Labute approximate surface area is 136 Å². The molecule has 0 aromatic carbocycles. The lowest BCUT2D eigenvalue weighted by Crippen LogP contribution is -2.32. The highest BCUT2D eigenvalue weighted by Crippen LogP contribution is 2.46. The number of nitrogens with zero attached hydrogens (tertiary/aromatic N) is 1. The maximum absolute atomic E-state index is 12.0. The first-order valence-corrected chi connectivity index (χ1v) is 8.08. The highest BCUT2D eigenvalue weighted by atomic mass is 16.5. The van der Waals surface area contributed by atoms with Gasteiger partial charge in [0.15, 0.2) is 5.75 Å². The molecule has 0 aliphatic carbocycles. The second-order valence-corrected chi connectivity index (χ2v) is 8.78. The largest absolute Gasteiger partial charge is 0.502 e. The molecule has 2 rings (SSSR count). The number of nitrogens with one attached hydrogen (secondary N) is 1. The summed E-state index contributed by atoms with van der Waals surface area (Å²) in [5.41, 5.74) is -1.18. The minimum absolute atomic E-state index is 0.0287. The van der Waals surface area contributed by atoms with Crippen LogP contribution in [0.1, 0.15) is 60.6 Å². The maximum atomic E-state index is 12.0. The van der Waals surface area contributed by atoms with Gasteiger partial charge in [-0.2, -0.15) is 0 Å². The van der Waals surface area contributed by atoms with Gasteiger partial charge in [0.2, 0.25) is 0 Å². The van der Waals surface area contributed by atoms with Crippen LogP contribution in [0.2, 0.25) is 0 Å². The quantitative estimate of drug-likeness (QED) is 0.876. The molecule has 0 radical (unpaired) electrons. The van der Waals surface area contributed by atoms with Crippen LogP contribution in [-0.4, -0.2) is 20.8 Å². The van der Waals surface area contributed by atoms with Crippen molar-refractivity contribution in [3.8, 4) is 5.75 Å². The Kier molecular flexibility index (Phi) is 4.50. The number of H-pyrrole nitrogens is 1. The van der Waals surface area contributed by atoms with E-state index in [1.54, 1.807) is 0 Å². The summed E-state index contributed by atoms with van der Waals surface area (Å²) >= 11 is 0. The van der Waals surface area contributed by atoms with Crippen LogP contribution >= 0.6 is 0 Å². The fourth-order valence-electron chi connectivity index (χ4n) is 3.29. The molecular formula is C17H28N2O4. The molecule has 1 aromatic rings. The molecule has 0 amide bonds. The first-order valence-electron chi connectivity index (χ1n) is 8.08. The Hall–Kier alpha value is -1.56. The highest BCUT2D eigenvalue weighted by molar-refractivity contribution is 5.10. The van der Waals surface area contributed by atoms with Crippen LogP contribution in [0.3, 0.4) is 0 Å². The molecule has 1 aliphatic rings. The van der Waals surface area contributed by atoms with Crippen molar-refractivity contribution < 1.29 is 9.84 Å². The summed E-state index contributed by atoms with van der Waals surface area (Å²) in [6, 6.07) is 0. The van der Waals surface area contributed by atoms with Crippen molar-refractivity contribution in [1.82, 2.24) is 9.55 Å². The summed E-state index contributed by atoms with van der Waals surface area (Å²) in [7, 11) is 0. The van der Waals surface area contributed by atoms with E-state index in [9.17, 15) is 14.7 Å². The second-order valence-electron chi connectivity index (χ2n) is 8.78. The van der Waals surface area contributed by atoms with E-state index in [2.05, 4.69) is 46.5 Å². The van der Waals surface area contributed by atoms with E-state index in [0.29, 0.717) is 6.42 Å². The summed E-state index contributed by atoms with van der Waals surface area (Å²) in [5, 5.41) is 9.60. The molecule has 1 aliphatic heterocycles. The SMILES string of the molecule is CC(C)(C)CC1O[C@@H](n2cc(O)c(=O)[nH]c2=O)C[C@H]1C(C)(C)C. The van der Waals surface area contributed by atoms with Crippen molar-refractivity contribution in [1.29, 1.82) is 0 Å². The Balaban J connectivity index is 2.35. The van der Waals surface area contributed by atoms with Gasteiger partial charge in [-0.05, 0) is 29.6 Å². The predicted molar refractivity (Wildman–Crippen MR) is 88.5 cm³/mol. The Morgan fingerprint density at radius 3 is 2.39 bits per heavy atom. The van der Waals surface area contributed by atoms with Gasteiger partial charge in [0, 0.05) is 0 Å². The van der Waals surface area contributed by atoms with Crippen LogP contribution in [0, 0.1) is 16.7 Å². The number of hydrogen-bond acceptors (Lipinski definition) is 4. The van der Waals surface area contributed by atoms with Crippen molar-refractivity contribution in [3.05, 3.63) is 27.0 Å². The Bertz CT molecular complexity index is 676. The van der Waals surface area contributed by atoms with Crippen molar-refractivity contribution in [3.63, 3.8) is 0 Å². The van der Waals surface area contributed by atoms with E-state index in [4.69, 9.17) is 4.74 Å². The molecule has 6 nitrogen and oxygen atoms in total. The molecule has 1 aromatic heterocycles. The number of ether oxygens (including phenoxy) is 1. The van der Waals surface area contributed by atoms with E-state index >= 15 is 0 Å². The smallest absolute Gasteiger partial charge is 0.330 e. The van der Waals surface area contributed by atoms with Crippen LogP contribution in [0.15, 0.2) is 15.8 Å². The number of hydrogen-bond donors (Lipinski definition) is 2. The molecule has 1 unspecified atom stereocenters. The van der Waals surface area contributed by atoms with Crippen LogP contribution in [0.4, 0.5) is 0 Å². The van der Waals surface area contributed by atoms with E-state index in [0.717, 1.165) is 6.42 Å². The van der Waals surface area contributed by atoms with Gasteiger partial charge >= 0.3 is 5.69 Å². The van der Waals surface area contributed by atoms with Crippen molar-refractivity contribution in [2.75, 3.05) is 0 Å². The van der Waals surface area contributed by atoms with Gasteiger partial charge < -0.3 is 9.84 Å². The Morgan fingerprint density at radius 2 is 1.87 bits per heavy atom. The number of aromatic amines is 1. The third kappa shape index (κ3) is 4.05. The molecule has 2 heterocycles. The number of rotatable bonds is 2. The molecule has 1 saturated heterocycles. The van der Waals surface area contributed by atoms with Gasteiger partial charge in [0.25, 0.3) is 5.56 Å². The van der Waals surface area contributed by atoms with Gasteiger partial charge in [-0.15, -0.1) is 0 Å². The Morgan fingerprint density at radius 1 is 1.26 bits per heavy atom. The highest BCUT2D eigenvalue weighted by Gasteiger charge is 2.44. The van der Waals surface area contributed by atoms with Gasteiger partial charge in [-0.1, -0.05) is 41.5 Å². The standard InChI is InChI=1S/C17H28N2O4/c1-16(2,3)8-12-10(17(4,5)6)7-13(23-12)19-9-11(20)14(21)18-15(19)22/h9-10,12-13,20H,7-8H2,1-6H3,(H,18,21,22)/t10-,12?,13-/m1/s1. The summed E-state index contributed by atoms with van der Waals surface area (Å²) < 4.78 is 7.46. The lowest BCUT2D eigenvalue weighted by molar-refractivity contribution is -0.0344. The first kappa shape index (κ1) is 17.8. The zero-order chi connectivity index (χ0) is 17.6. The summed E-state index contributed by atoms with van der Waals surface area (Å²) in [6.07, 6.45) is 2.29. The molecule has 0 saturated carbocycles. The van der Waals surface area contributed by atoms with E-state index in [-0.39, 0.29) is 22.9 Å². The average molecular weight is 324 g/mol. The van der Waals surface area contributed by atoms with E-state index < -0.39 is 23.2 Å². The molecule has 6 heteroatoms. The lowest BCUT2D eigenvalue weighted by atomic mass is 9.73. The number of aromatic hydroxyl groups is 1. The normalized spacial score (nSPS) is 25.7. The molecule has 130 valence electrons. The molecule has 0 bridgehead atoms. The average Bonchev–Trinajstić information content (AvgIpc) is 2.75. The molecule has 0 spiro atoms. The van der Waals surface area contributed by atoms with Gasteiger partial charge in [-0.25, -0.2) is 4.79 Å². The molecule has 23 heavy (non-hydrogen) atoms. The van der Waals surface area contributed by atoms with E-state index in [1.165, 1.54) is 10.8 Å². The van der Waals surface area contributed by atoms with E-state index in [1.807, 2.05) is 0 Å². The summed E-state index contributed by atoms with van der Waals surface area (Å²) in [4.78, 5) is 25.5. The van der Waals surface area contributed by atoms with Crippen LogP contribution < -0.4 is 11.2 Å². The zero-order valence-corrected chi connectivity index (χ0v) is 14.8. The van der Waals surface area contributed by atoms with Crippen LogP contribution in [-0.2, 0) is 4.74 Å². The summed E-state index contributed by atoms with van der Waals surface area (Å²) in [5.74, 6) is -0.188. The third-order valence-electron chi connectivity index (χ3n) is 4.42. The van der Waals surface area contributed by atoms with Gasteiger partial charge in [0.1, 0.15) is 6.23 Å². The minimum atomic E-state index is -0.775. The monoisotopic (exact) mass is 324 g/mol. The van der Waals surface area contributed by atoms with Crippen molar-refractivity contribution in [2.24, 2.45) is 16.7 Å². The van der Waals surface area contributed by atoms with Crippen molar-refractivity contribution >= 4 is 0 Å². The topological polar surface area (TPSA) is 84.3 Å². The van der Waals surface area contributed by atoms with Crippen LogP contribution in [0.5, 0.6) is 5.75 Å². The fraction of sp³-hybridized carbons (Fsp3) is 0.765. The van der Waals surface area contributed by atoms with Gasteiger partial charge in [-0.3, -0.25) is 14.3 Å². The molecule has 3 atom stereocenters. The maximum Gasteiger partial charge on any atom is 0.330 e. The minimum Gasteiger partial charge on any atom is -0.502 e. The molecule has 1 fully saturated rings. The zero-order valence-electron chi connectivity index (χ0n) is 14.8. The van der Waals surface area contributed by atoms with Gasteiger partial charge in [0.05, 0.1) is 12.3 Å². The molecular weight excluding hydrogens is 296 g/mol. The predicted octanol–water partition coefficient (Wildman–Crippen LogP) is 2.63. The van der Waals surface area contributed by atoms with Crippen molar-refractivity contribution in [2.45, 2.75) is 66.7 Å².